The fourth-order valence-corrected chi connectivity index (χ4v) is 2.24. The van der Waals surface area contributed by atoms with Gasteiger partial charge in [0, 0.05) is 19.1 Å². The van der Waals surface area contributed by atoms with Crippen molar-refractivity contribution in [3.8, 4) is 0 Å². The maximum absolute atomic E-state index is 12.2. The zero-order valence-corrected chi connectivity index (χ0v) is 11.6. The van der Waals surface area contributed by atoms with Gasteiger partial charge in [-0.3, -0.25) is 4.79 Å². The average molecular weight is 249 g/mol. The van der Waals surface area contributed by atoms with Crippen molar-refractivity contribution >= 4 is 18.3 Å². The van der Waals surface area contributed by atoms with E-state index in [1.165, 1.54) is 0 Å². The quantitative estimate of drug-likeness (QED) is 0.826. The van der Waals surface area contributed by atoms with Gasteiger partial charge in [-0.05, 0) is 32.7 Å². The Bertz CT molecular complexity index is 223. The van der Waals surface area contributed by atoms with Crippen LogP contribution in [-0.4, -0.2) is 36.5 Å². The van der Waals surface area contributed by atoms with Crippen molar-refractivity contribution in [2.45, 2.75) is 52.1 Å². The first kappa shape index (κ1) is 15.7. The molecule has 3 atom stereocenters. The molecule has 0 bridgehead atoms. The second kappa shape index (κ2) is 7.13. The number of carbonyl (C=O) groups excluding carboxylic acids is 1. The van der Waals surface area contributed by atoms with Crippen molar-refractivity contribution in [3.63, 3.8) is 0 Å². The smallest absolute Gasteiger partial charge is 0.227 e. The molecule has 1 fully saturated rings. The largest absolute Gasteiger partial charge is 0.343 e. The second-order valence-corrected chi connectivity index (χ2v) is 4.57. The molecule has 0 aromatic rings. The van der Waals surface area contributed by atoms with Crippen molar-refractivity contribution in [2.75, 3.05) is 13.6 Å². The molecule has 96 valence electrons. The molecule has 0 aromatic heterocycles. The monoisotopic (exact) mass is 248 g/mol. The Morgan fingerprint density at radius 2 is 2.12 bits per heavy atom. The minimum Gasteiger partial charge on any atom is -0.343 e. The summed E-state index contributed by atoms with van der Waals surface area (Å²) in [4.78, 5) is 14.1. The van der Waals surface area contributed by atoms with E-state index < -0.39 is 0 Å². The maximum atomic E-state index is 12.2. The molecule has 3 unspecified atom stereocenters. The summed E-state index contributed by atoms with van der Waals surface area (Å²) >= 11 is 0. The van der Waals surface area contributed by atoms with Crippen LogP contribution in [0.3, 0.4) is 0 Å². The summed E-state index contributed by atoms with van der Waals surface area (Å²) in [6, 6.07) is 0.750. The fraction of sp³-hybridized carbons (Fsp3) is 0.917. The lowest BCUT2D eigenvalue weighted by atomic mass is 9.96. The van der Waals surface area contributed by atoms with Crippen molar-refractivity contribution in [1.82, 2.24) is 10.2 Å². The van der Waals surface area contributed by atoms with E-state index in [0.717, 1.165) is 25.8 Å². The molecule has 0 spiro atoms. The zero-order chi connectivity index (χ0) is 11.4. The molecule has 1 rings (SSSR count). The molecule has 1 aliphatic rings. The summed E-state index contributed by atoms with van der Waals surface area (Å²) < 4.78 is 0. The average Bonchev–Trinajstić information content (AvgIpc) is 2.73. The fourth-order valence-electron chi connectivity index (χ4n) is 2.24. The molecule has 0 saturated carbocycles. The van der Waals surface area contributed by atoms with Gasteiger partial charge in [-0.2, -0.15) is 0 Å². The van der Waals surface area contributed by atoms with E-state index in [9.17, 15) is 4.79 Å². The van der Waals surface area contributed by atoms with Gasteiger partial charge in [-0.15, -0.1) is 12.4 Å². The van der Waals surface area contributed by atoms with E-state index >= 15 is 0 Å². The van der Waals surface area contributed by atoms with Gasteiger partial charge in [-0.1, -0.05) is 13.8 Å². The van der Waals surface area contributed by atoms with Crippen molar-refractivity contribution in [3.05, 3.63) is 0 Å². The first-order valence-electron chi connectivity index (χ1n) is 6.11. The highest BCUT2D eigenvalue weighted by atomic mass is 35.5. The van der Waals surface area contributed by atoms with Gasteiger partial charge in [0.15, 0.2) is 0 Å². The Balaban J connectivity index is 0.00000225. The molecular formula is C12H25ClN2O. The SMILES string of the molecule is CCC1NCCC1C(=O)N(C)C(C)CC.Cl. The molecule has 1 aliphatic heterocycles. The topological polar surface area (TPSA) is 32.3 Å². The van der Waals surface area contributed by atoms with Crippen LogP contribution in [0.15, 0.2) is 0 Å². The Kier molecular flexibility index (Phi) is 7.00. The Morgan fingerprint density at radius 1 is 1.50 bits per heavy atom. The predicted octanol–water partition coefficient (Wildman–Crippen LogP) is 2.05. The van der Waals surface area contributed by atoms with Gasteiger partial charge in [0.2, 0.25) is 5.91 Å². The summed E-state index contributed by atoms with van der Waals surface area (Å²) in [5.41, 5.74) is 0. The third-order valence-electron chi connectivity index (χ3n) is 3.70. The van der Waals surface area contributed by atoms with Crippen LogP contribution in [0.1, 0.15) is 40.0 Å². The van der Waals surface area contributed by atoms with Crippen LogP contribution in [0.4, 0.5) is 0 Å². The van der Waals surface area contributed by atoms with E-state index in [0.29, 0.717) is 18.0 Å². The van der Waals surface area contributed by atoms with Crippen molar-refractivity contribution in [1.29, 1.82) is 0 Å². The van der Waals surface area contributed by atoms with Crippen LogP contribution in [0.25, 0.3) is 0 Å². The van der Waals surface area contributed by atoms with Gasteiger partial charge >= 0.3 is 0 Å². The van der Waals surface area contributed by atoms with Crippen LogP contribution in [-0.2, 0) is 4.79 Å². The Morgan fingerprint density at radius 3 is 2.62 bits per heavy atom. The van der Waals surface area contributed by atoms with Crippen LogP contribution < -0.4 is 5.32 Å². The maximum Gasteiger partial charge on any atom is 0.227 e. The summed E-state index contributed by atoms with van der Waals surface area (Å²) in [6.45, 7) is 7.37. The Hall–Kier alpha value is -0.280. The Labute approximate surface area is 105 Å². The van der Waals surface area contributed by atoms with Gasteiger partial charge in [0.1, 0.15) is 0 Å². The number of hydrogen-bond acceptors (Lipinski definition) is 2. The van der Waals surface area contributed by atoms with E-state index in [1.54, 1.807) is 0 Å². The number of hydrogen-bond donors (Lipinski definition) is 1. The summed E-state index contributed by atoms with van der Waals surface area (Å²) in [5, 5.41) is 3.40. The first-order valence-corrected chi connectivity index (χ1v) is 6.11. The van der Waals surface area contributed by atoms with Gasteiger partial charge in [-0.25, -0.2) is 0 Å². The molecular weight excluding hydrogens is 224 g/mol. The number of carbonyl (C=O) groups is 1. The molecule has 1 saturated heterocycles. The molecule has 1 amide bonds. The molecule has 16 heavy (non-hydrogen) atoms. The molecule has 4 heteroatoms. The summed E-state index contributed by atoms with van der Waals surface area (Å²) in [6.07, 6.45) is 3.07. The zero-order valence-electron chi connectivity index (χ0n) is 10.8. The normalized spacial score (nSPS) is 26.0. The highest BCUT2D eigenvalue weighted by Crippen LogP contribution is 2.21. The minimum atomic E-state index is 0. The lowest BCUT2D eigenvalue weighted by molar-refractivity contribution is -0.136. The highest BCUT2D eigenvalue weighted by molar-refractivity contribution is 5.85. The van der Waals surface area contributed by atoms with E-state index in [1.807, 2.05) is 11.9 Å². The van der Waals surface area contributed by atoms with Gasteiger partial charge < -0.3 is 10.2 Å². The molecule has 1 heterocycles. The number of rotatable bonds is 4. The molecule has 3 nitrogen and oxygen atoms in total. The van der Waals surface area contributed by atoms with Crippen LogP contribution in [0.2, 0.25) is 0 Å². The number of nitrogens with one attached hydrogen (secondary N) is 1. The lowest BCUT2D eigenvalue weighted by Crippen LogP contribution is -2.42. The van der Waals surface area contributed by atoms with E-state index in [4.69, 9.17) is 0 Å². The lowest BCUT2D eigenvalue weighted by Gasteiger charge is -2.28. The van der Waals surface area contributed by atoms with Crippen LogP contribution in [0, 0.1) is 5.92 Å². The van der Waals surface area contributed by atoms with Crippen molar-refractivity contribution in [2.24, 2.45) is 5.92 Å². The molecule has 0 aromatic carbocycles. The third-order valence-corrected chi connectivity index (χ3v) is 3.70. The standard InChI is InChI=1S/C12H24N2O.ClH/c1-5-9(3)14(4)12(15)10-7-8-13-11(10)6-2;/h9-11,13H,5-8H2,1-4H3;1H. The van der Waals surface area contributed by atoms with E-state index in [2.05, 4.69) is 26.1 Å². The molecule has 0 aliphatic carbocycles. The van der Waals surface area contributed by atoms with Gasteiger partial charge in [0.25, 0.3) is 0 Å². The summed E-state index contributed by atoms with van der Waals surface area (Å²) in [7, 11) is 1.93. The van der Waals surface area contributed by atoms with E-state index in [-0.39, 0.29) is 18.3 Å². The highest BCUT2D eigenvalue weighted by Gasteiger charge is 2.33. The number of halogens is 1. The summed E-state index contributed by atoms with van der Waals surface area (Å²) in [5.74, 6) is 0.523. The second-order valence-electron chi connectivity index (χ2n) is 4.57. The predicted molar refractivity (Wildman–Crippen MR) is 70.0 cm³/mol. The third kappa shape index (κ3) is 3.36. The molecule has 0 radical (unpaired) electrons. The van der Waals surface area contributed by atoms with Crippen LogP contribution in [0.5, 0.6) is 0 Å². The minimum absolute atomic E-state index is 0. The number of amides is 1. The molecule has 1 N–H and O–H groups in total. The van der Waals surface area contributed by atoms with Gasteiger partial charge in [0.05, 0.1) is 5.92 Å². The van der Waals surface area contributed by atoms with Crippen molar-refractivity contribution < 1.29 is 4.79 Å². The first-order chi connectivity index (χ1) is 7.11. The number of nitrogens with zero attached hydrogens (tertiary/aromatic N) is 1. The van der Waals surface area contributed by atoms with Crippen LogP contribution >= 0.6 is 12.4 Å².